The van der Waals surface area contributed by atoms with Crippen LogP contribution in [0.2, 0.25) is 5.02 Å². The number of carbonyl (C=O) groups is 1. The van der Waals surface area contributed by atoms with Crippen molar-refractivity contribution in [2.24, 2.45) is 0 Å². The lowest BCUT2D eigenvalue weighted by Crippen LogP contribution is -2.43. The molecule has 0 radical (unpaired) electrons. The highest BCUT2D eigenvalue weighted by Crippen LogP contribution is 2.21. The largest absolute Gasteiger partial charge is 0.366 e. The van der Waals surface area contributed by atoms with Crippen molar-refractivity contribution in [1.82, 2.24) is 15.0 Å². The molecule has 7 heteroatoms. The maximum absolute atomic E-state index is 12.4. The van der Waals surface area contributed by atoms with Gasteiger partial charge in [-0.15, -0.1) is 0 Å². The monoisotopic (exact) mass is 321 g/mol. The van der Waals surface area contributed by atoms with E-state index in [0.717, 1.165) is 5.56 Å². The molecule has 3 rings (SSSR count). The number of amides is 1. The van der Waals surface area contributed by atoms with Crippen LogP contribution in [0.3, 0.4) is 0 Å². The Kier molecular flexibility index (Phi) is 4.40. The van der Waals surface area contributed by atoms with Crippen molar-refractivity contribution in [1.29, 1.82) is 0 Å². The molecule has 0 N–H and O–H groups in total. The Labute approximate surface area is 133 Å². The van der Waals surface area contributed by atoms with E-state index in [0.29, 0.717) is 36.4 Å². The second kappa shape index (κ2) is 6.46. The molecule has 1 aliphatic rings. The zero-order chi connectivity index (χ0) is 15.5. The smallest absolute Gasteiger partial charge is 0.227 e. The van der Waals surface area contributed by atoms with Crippen LogP contribution in [0.1, 0.15) is 23.4 Å². The summed E-state index contributed by atoms with van der Waals surface area (Å²) < 4.78 is 10.6. The van der Waals surface area contributed by atoms with Crippen molar-refractivity contribution in [3.05, 3.63) is 46.6 Å². The molecule has 0 saturated carbocycles. The summed E-state index contributed by atoms with van der Waals surface area (Å²) in [4.78, 5) is 18.4. The molecule has 1 saturated heterocycles. The van der Waals surface area contributed by atoms with E-state index >= 15 is 0 Å². The maximum atomic E-state index is 12.4. The van der Waals surface area contributed by atoms with Gasteiger partial charge in [0.05, 0.1) is 19.6 Å². The first kappa shape index (κ1) is 15.0. The van der Waals surface area contributed by atoms with Crippen LogP contribution in [-0.4, -0.2) is 40.6 Å². The van der Waals surface area contributed by atoms with E-state index in [1.165, 1.54) is 0 Å². The lowest BCUT2D eigenvalue weighted by molar-refractivity contribution is -0.138. The fraction of sp³-hybridized carbons (Fsp3) is 0.400. The molecule has 1 fully saturated rings. The number of aryl methyl sites for hydroxylation is 1. The summed E-state index contributed by atoms with van der Waals surface area (Å²) in [6, 6.07) is 7.37. The highest BCUT2D eigenvalue weighted by atomic mass is 35.5. The van der Waals surface area contributed by atoms with E-state index in [2.05, 4.69) is 10.1 Å². The fourth-order valence-electron chi connectivity index (χ4n) is 2.39. The van der Waals surface area contributed by atoms with Crippen LogP contribution in [0.4, 0.5) is 0 Å². The van der Waals surface area contributed by atoms with Gasteiger partial charge in [-0.1, -0.05) is 35.0 Å². The predicted molar refractivity (Wildman–Crippen MR) is 79.5 cm³/mol. The average Bonchev–Trinajstić information content (AvgIpc) is 2.96. The van der Waals surface area contributed by atoms with Gasteiger partial charge >= 0.3 is 0 Å². The SMILES string of the molecule is Cc1nc(C2CN(C(=O)Cc3ccccc3Cl)CCO2)no1. The first-order valence-electron chi connectivity index (χ1n) is 7.06. The van der Waals surface area contributed by atoms with E-state index in [1.54, 1.807) is 17.9 Å². The third-order valence-electron chi connectivity index (χ3n) is 3.55. The van der Waals surface area contributed by atoms with Gasteiger partial charge in [0.2, 0.25) is 17.6 Å². The van der Waals surface area contributed by atoms with Crippen molar-refractivity contribution in [3.63, 3.8) is 0 Å². The van der Waals surface area contributed by atoms with E-state index < -0.39 is 0 Å². The lowest BCUT2D eigenvalue weighted by Gasteiger charge is -2.31. The van der Waals surface area contributed by atoms with Crippen molar-refractivity contribution in [3.8, 4) is 0 Å². The first-order chi connectivity index (χ1) is 10.6. The van der Waals surface area contributed by atoms with Gasteiger partial charge in [-0.2, -0.15) is 4.98 Å². The molecule has 0 spiro atoms. The van der Waals surface area contributed by atoms with Crippen LogP contribution in [0.5, 0.6) is 0 Å². The number of rotatable bonds is 3. The Morgan fingerprint density at radius 2 is 2.27 bits per heavy atom. The van der Waals surface area contributed by atoms with Crippen LogP contribution in [0, 0.1) is 6.92 Å². The minimum absolute atomic E-state index is 0.0154. The molecular formula is C15H16ClN3O3. The number of nitrogens with zero attached hydrogens (tertiary/aromatic N) is 3. The molecule has 2 heterocycles. The van der Waals surface area contributed by atoms with E-state index in [1.807, 2.05) is 18.2 Å². The standard InChI is InChI=1S/C15H16ClN3O3/c1-10-17-15(18-22-10)13-9-19(6-7-21-13)14(20)8-11-4-2-3-5-12(11)16/h2-5,13H,6-9H2,1H3. The molecule has 1 aliphatic heterocycles. The molecule has 1 amide bonds. The van der Waals surface area contributed by atoms with Crippen molar-refractivity contribution in [2.45, 2.75) is 19.4 Å². The molecule has 2 aromatic rings. The van der Waals surface area contributed by atoms with Gasteiger partial charge in [-0.05, 0) is 11.6 Å². The minimum Gasteiger partial charge on any atom is -0.366 e. The molecule has 22 heavy (non-hydrogen) atoms. The molecule has 116 valence electrons. The molecular weight excluding hydrogens is 306 g/mol. The topological polar surface area (TPSA) is 68.5 Å². The summed E-state index contributed by atoms with van der Waals surface area (Å²) in [7, 11) is 0. The quantitative estimate of drug-likeness (QED) is 0.866. The van der Waals surface area contributed by atoms with Crippen LogP contribution in [0.25, 0.3) is 0 Å². The predicted octanol–water partition coefficient (Wildman–Crippen LogP) is 2.17. The van der Waals surface area contributed by atoms with Gasteiger partial charge in [-0.3, -0.25) is 4.79 Å². The summed E-state index contributed by atoms with van der Waals surface area (Å²) in [5.74, 6) is 0.979. The first-order valence-corrected chi connectivity index (χ1v) is 7.44. The zero-order valence-electron chi connectivity index (χ0n) is 12.2. The second-order valence-electron chi connectivity index (χ2n) is 5.14. The summed E-state index contributed by atoms with van der Waals surface area (Å²) in [5.41, 5.74) is 0.826. The average molecular weight is 322 g/mol. The number of morpholine rings is 1. The zero-order valence-corrected chi connectivity index (χ0v) is 12.9. The normalized spacial score (nSPS) is 18.5. The summed E-state index contributed by atoms with van der Waals surface area (Å²) in [6.45, 7) is 3.14. The molecule has 1 unspecified atom stereocenters. The third-order valence-corrected chi connectivity index (χ3v) is 3.92. The number of aromatic nitrogens is 2. The van der Waals surface area contributed by atoms with Gasteiger partial charge in [0, 0.05) is 18.5 Å². The Balaban J connectivity index is 1.66. The van der Waals surface area contributed by atoms with Crippen LogP contribution in [-0.2, 0) is 16.0 Å². The van der Waals surface area contributed by atoms with Crippen molar-refractivity contribution >= 4 is 17.5 Å². The lowest BCUT2D eigenvalue weighted by atomic mass is 10.1. The van der Waals surface area contributed by atoms with Crippen molar-refractivity contribution < 1.29 is 14.1 Å². The van der Waals surface area contributed by atoms with Gasteiger partial charge < -0.3 is 14.2 Å². The molecule has 0 aliphatic carbocycles. The van der Waals surface area contributed by atoms with Crippen LogP contribution >= 0.6 is 11.6 Å². The van der Waals surface area contributed by atoms with Crippen molar-refractivity contribution in [2.75, 3.05) is 19.7 Å². The molecule has 1 aromatic heterocycles. The van der Waals surface area contributed by atoms with Gasteiger partial charge in [0.25, 0.3) is 0 Å². The van der Waals surface area contributed by atoms with E-state index in [-0.39, 0.29) is 18.4 Å². The Morgan fingerprint density at radius 3 is 3.00 bits per heavy atom. The highest BCUT2D eigenvalue weighted by Gasteiger charge is 2.28. The molecule has 1 atom stereocenters. The fourth-order valence-corrected chi connectivity index (χ4v) is 2.60. The summed E-state index contributed by atoms with van der Waals surface area (Å²) >= 11 is 6.11. The van der Waals surface area contributed by atoms with Crippen LogP contribution < -0.4 is 0 Å². The van der Waals surface area contributed by atoms with E-state index in [9.17, 15) is 4.79 Å². The number of benzene rings is 1. The molecule has 0 bridgehead atoms. The number of carbonyl (C=O) groups excluding carboxylic acids is 1. The Morgan fingerprint density at radius 1 is 1.45 bits per heavy atom. The number of hydrogen-bond donors (Lipinski definition) is 0. The van der Waals surface area contributed by atoms with Gasteiger partial charge in [0.1, 0.15) is 6.10 Å². The third kappa shape index (κ3) is 3.28. The number of ether oxygens (including phenoxy) is 1. The van der Waals surface area contributed by atoms with E-state index in [4.69, 9.17) is 20.9 Å². The van der Waals surface area contributed by atoms with Gasteiger partial charge in [0.15, 0.2) is 0 Å². The number of halogens is 1. The van der Waals surface area contributed by atoms with Gasteiger partial charge in [-0.25, -0.2) is 0 Å². The number of hydrogen-bond acceptors (Lipinski definition) is 5. The highest BCUT2D eigenvalue weighted by molar-refractivity contribution is 6.31. The summed E-state index contributed by atoms with van der Waals surface area (Å²) in [6.07, 6.45) is -0.0705. The maximum Gasteiger partial charge on any atom is 0.227 e. The molecule has 1 aromatic carbocycles. The Bertz CT molecular complexity index is 674. The Hall–Kier alpha value is -1.92. The summed E-state index contributed by atoms with van der Waals surface area (Å²) in [5, 5.41) is 4.47. The minimum atomic E-state index is -0.346. The molecule has 6 nitrogen and oxygen atoms in total. The van der Waals surface area contributed by atoms with Crippen LogP contribution in [0.15, 0.2) is 28.8 Å². The second-order valence-corrected chi connectivity index (χ2v) is 5.55.